The Bertz CT molecular complexity index is 1820. The monoisotopic (exact) mass is 627 g/mol. The molecule has 1 N–H and O–H groups in total. The van der Waals surface area contributed by atoms with Gasteiger partial charge in [-0.05, 0) is 105 Å². The molecule has 4 unspecified atom stereocenters. The van der Waals surface area contributed by atoms with Crippen molar-refractivity contribution < 1.29 is 9.59 Å². The summed E-state index contributed by atoms with van der Waals surface area (Å²) < 4.78 is 2.27. The van der Waals surface area contributed by atoms with Gasteiger partial charge in [0.1, 0.15) is 6.04 Å². The first-order valence-electron chi connectivity index (χ1n) is 18.1. The molecule has 4 aliphatic carbocycles. The fraction of sp³-hybridized carbons (Fsp3) is 0.476. The van der Waals surface area contributed by atoms with Gasteiger partial charge in [0.05, 0.1) is 11.7 Å². The van der Waals surface area contributed by atoms with E-state index in [1.165, 1.54) is 44.1 Å². The second-order valence-corrected chi connectivity index (χ2v) is 15.7. The van der Waals surface area contributed by atoms with Gasteiger partial charge in [0.15, 0.2) is 0 Å². The van der Waals surface area contributed by atoms with Gasteiger partial charge in [-0.3, -0.25) is 9.59 Å². The highest BCUT2D eigenvalue weighted by atomic mass is 16.2. The SMILES string of the molecule is CCC(C)C(C(=O)NC(C)C12CC3CC(CC(C3)C1)C2)N1C(=O)c2ccccc2C1c1c(-c2ccc(C)cc2)n(C)c2ccccc12. The van der Waals surface area contributed by atoms with Crippen LogP contribution in [0.1, 0.15) is 98.8 Å². The third-order valence-corrected chi connectivity index (χ3v) is 12.9. The second-order valence-electron chi connectivity index (χ2n) is 15.7. The third kappa shape index (κ3) is 4.78. The van der Waals surface area contributed by atoms with Crippen LogP contribution in [0.3, 0.4) is 0 Å². The van der Waals surface area contributed by atoms with Gasteiger partial charge in [0.25, 0.3) is 5.91 Å². The van der Waals surface area contributed by atoms with Crippen molar-refractivity contribution in [3.8, 4) is 11.3 Å². The Morgan fingerprint density at radius 3 is 2.17 bits per heavy atom. The van der Waals surface area contributed by atoms with Gasteiger partial charge in [-0.25, -0.2) is 0 Å². The van der Waals surface area contributed by atoms with Crippen molar-refractivity contribution in [1.82, 2.24) is 14.8 Å². The average Bonchev–Trinajstić information content (AvgIpc) is 3.51. The molecule has 2 heterocycles. The molecule has 0 spiro atoms. The molecule has 4 saturated carbocycles. The van der Waals surface area contributed by atoms with Crippen LogP contribution < -0.4 is 5.32 Å². The smallest absolute Gasteiger partial charge is 0.255 e. The normalized spacial score (nSPS) is 28.0. The summed E-state index contributed by atoms with van der Waals surface area (Å²) in [6.45, 7) is 8.67. The van der Waals surface area contributed by atoms with Gasteiger partial charge >= 0.3 is 0 Å². The van der Waals surface area contributed by atoms with Crippen LogP contribution in [0.2, 0.25) is 0 Å². The lowest BCUT2D eigenvalue weighted by molar-refractivity contribution is -0.132. The molecule has 5 heteroatoms. The Kier molecular flexibility index (Phi) is 7.38. The second kappa shape index (κ2) is 11.4. The van der Waals surface area contributed by atoms with E-state index in [9.17, 15) is 9.59 Å². The minimum absolute atomic E-state index is 0.00544. The number of carbonyl (C=O) groups is 2. The van der Waals surface area contributed by atoms with Crippen molar-refractivity contribution in [2.75, 3.05) is 0 Å². The van der Waals surface area contributed by atoms with E-state index in [1.54, 1.807) is 0 Å². The summed E-state index contributed by atoms with van der Waals surface area (Å²) in [6, 6.07) is 24.3. The number of nitrogens with one attached hydrogen (secondary N) is 1. The Balaban J connectivity index is 1.25. The minimum Gasteiger partial charge on any atom is -0.351 e. The van der Waals surface area contributed by atoms with Crippen LogP contribution >= 0.6 is 0 Å². The quantitative estimate of drug-likeness (QED) is 0.212. The Morgan fingerprint density at radius 1 is 0.894 bits per heavy atom. The first-order chi connectivity index (χ1) is 22.7. The first-order valence-corrected chi connectivity index (χ1v) is 18.1. The van der Waals surface area contributed by atoms with E-state index in [2.05, 4.69) is 99.2 Å². The van der Waals surface area contributed by atoms with Gasteiger partial charge in [0.2, 0.25) is 5.91 Å². The molecule has 47 heavy (non-hydrogen) atoms. The van der Waals surface area contributed by atoms with Crippen molar-refractivity contribution in [3.05, 3.63) is 95.1 Å². The predicted octanol–water partition coefficient (Wildman–Crippen LogP) is 8.83. The molecule has 5 nitrogen and oxygen atoms in total. The molecular weight excluding hydrogens is 578 g/mol. The molecule has 1 aromatic heterocycles. The van der Waals surface area contributed by atoms with E-state index in [4.69, 9.17) is 0 Å². The van der Waals surface area contributed by atoms with Crippen molar-refractivity contribution in [2.45, 2.75) is 90.8 Å². The number of fused-ring (bicyclic) bond motifs is 2. The van der Waals surface area contributed by atoms with Gasteiger partial charge in [-0.15, -0.1) is 0 Å². The number of rotatable bonds is 8. The standard InChI is InChI=1S/C42H49N3O2/c1-6-26(3)37(40(46)43-27(4)42-22-28-19-29(23-42)21-30(20-28)24-42)45-39(32-11-7-8-12-33(32)41(45)47)36-34-13-9-10-14-35(34)44(5)38(36)31-17-15-25(2)16-18-31/h7-18,26-30,37,39H,6,19-24H2,1-5H3,(H,43,46). The summed E-state index contributed by atoms with van der Waals surface area (Å²) in [7, 11) is 2.13. The van der Waals surface area contributed by atoms with Gasteiger partial charge in [-0.2, -0.15) is 0 Å². The van der Waals surface area contributed by atoms with Crippen molar-refractivity contribution in [1.29, 1.82) is 0 Å². The van der Waals surface area contributed by atoms with E-state index in [0.29, 0.717) is 5.56 Å². The number of benzene rings is 3. The lowest BCUT2D eigenvalue weighted by Gasteiger charge is -2.59. The number of carbonyl (C=O) groups excluding carboxylic acids is 2. The number of hydrogen-bond acceptors (Lipinski definition) is 2. The number of para-hydroxylation sites is 1. The summed E-state index contributed by atoms with van der Waals surface area (Å²) in [5.74, 6) is 2.39. The van der Waals surface area contributed by atoms with Gasteiger partial charge in [-0.1, -0.05) is 86.5 Å². The maximum Gasteiger partial charge on any atom is 0.255 e. The summed E-state index contributed by atoms with van der Waals surface area (Å²) >= 11 is 0. The van der Waals surface area contributed by atoms with Crippen LogP contribution in [0.25, 0.3) is 22.2 Å². The van der Waals surface area contributed by atoms with Crippen LogP contribution in [0.5, 0.6) is 0 Å². The number of aryl methyl sites for hydroxylation is 2. The third-order valence-electron chi connectivity index (χ3n) is 12.9. The van der Waals surface area contributed by atoms with Gasteiger partial charge < -0.3 is 14.8 Å². The van der Waals surface area contributed by atoms with E-state index in [-0.39, 0.29) is 35.2 Å². The zero-order chi connectivity index (χ0) is 32.6. The maximum atomic E-state index is 14.9. The highest BCUT2D eigenvalue weighted by molar-refractivity contribution is 6.04. The molecule has 0 saturated heterocycles. The van der Waals surface area contributed by atoms with Crippen LogP contribution in [0, 0.1) is 36.0 Å². The topological polar surface area (TPSA) is 54.3 Å². The van der Waals surface area contributed by atoms with Crippen LogP contribution in [-0.4, -0.2) is 33.4 Å². The van der Waals surface area contributed by atoms with Crippen LogP contribution in [0.15, 0.2) is 72.8 Å². The van der Waals surface area contributed by atoms with Gasteiger partial charge in [0, 0.05) is 35.1 Å². The molecule has 2 amide bonds. The Labute approximate surface area is 279 Å². The molecular formula is C42H49N3O2. The number of aromatic nitrogens is 1. The molecule has 4 atom stereocenters. The van der Waals surface area contributed by atoms with Crippen molar-refractivity contribution in [2.24, 2.45) is 36.1 Å². The highest BCUT2D eigenvalue weighted by Gasteiger charge is 2.54. The molecule has 5 aliphatic rings. The minimum atomic E-state index is -0.592. The molecule has 1 aliphatic heterocycles. The van der Waals surface area contributed by atoms with E-state index in [0.717, 1.165) is 57.5 Å². The van der Waals surface area contributed by atoms with Crippen molar-refractivity contribution in [3.63, 3.8) is 0 Å². The number of hydrogen-bond donors (Lipinski definition) is 1. The predicted molar refractivity (Wildman–Crippen MR) is 189 cm³/mol. The molecule has 4 aromatic rings. The largest absolute Gasteiger partial charge is 0.351 e. The lowest BCUT2D eigenvalue weighted by Crippen LogP contribution is -2.59. The van der Waals surface area contributed by atoms with Crippen molar-refractivity contribution >= 4 is 22.7 Å². The zero-order valence-corrected chi connectivity index (χ0v) is 28.6. The summed E-state index contributed by atoms with van der Waals surface area (Å²) in [6.07, 6.45) is 8.66. The van der Waals surface area contributed by atoms with Crippen LogP contribution in [0.4, 0.5) is 0 Å². The van der Waals surface area contributed by atoms with Crippen LogP contribution in [-0.2, 0) is 11.8 Å². The summed E-state index contributed by atoms with van der Waals surface area (Å²) in [4.78, 5) is 31.6. The molecule has 9 rings (SSSR count). The first kappa shape index (κ1) is 30.5. The average molecular weight is 628 g/mol. The molecule has 4 fully saturated rings. The fourth-order valence-corrected chi connectivity index (χ4v) is 10.7. The molecule has 4 bridgehead atoms. The molecule has 244 valence electrons. The van der Waals surface area contributed by atoms with E-state index >= 15 is 0 Å². The van der Waals surface area contributed by atoms with E-state index < -0.39 is 6.04 Å². The Hall–Kier alpha value is -3.86. The zero-order valence-electron chi connectivity index (χ0n) is 28.6. The van der Waals surface area contributed by atoms with E-state index in [1.807, 2.05) is 23.1 Å². The fourth-order valence-electron chi connectivity index (χ4n) is 10.7. The molecule has 3 aromatic carbocycles. The number of amides is 2. The molecule has 0 radical (unpaired) electrons. The summed E-state index contributed by atoms with van der Waals surface area (Å²) in [5.41, 5.74) is 7.51. The highest BCUT2D eigenvalue weighted by Crippen LogP contribution is 2.61. The number of nitrogens with zero attached hydrogens (tertiary/aromatic N) is 2. The Morgan fingerprint density at radius 2 is 1.51 bits per heavy atom. The lowest BCUT2D eigenvalue weighted by atomic mass is 9.48. The summed E-state index contributed by atoms with van der Waals surface area (Å²) in [5, 5.41) is 4.73. The maximum absolute atomic E-state index is 14.9.